The standard InChI is InChI=1S/C19H21N5O/c1-23-18(21-22-19(23)25)17-13(12-6-7-12)9-11-24(17)16-8-10-20-15-5-3-2-4-14(15)16/h2-5,8,10,12-13,17H,6-7,9,11H2,1H3,(H,22,25). The normalized spacial score (nSPS) is 23.5. The van der Waals surface area contributed by atoms with Crippen LogP contribution in [0.25, 0.3) is 10.9 Å². The number of hydrogen-bond donors (Lipinski definition) is 1. The third kappa shape index (κ3) is 2.27. The Morgan fingerprint density at radius 2 is 2.00 bits per heavy atom. The topological polar surface area (TPSA) is 66.8 Å². The van der Waals surface area contributed by atoms with Crippen LogP contribution in [0.5, 0.6) is 0 Å². The van der Waals surface area contributed by atoms with Gasteiger partial charge in [-0.2, -0.15) is 5.10 Å². The quantitative estimate of drug-likeness (QED) is 0.799. The summed E-state index contributed by atoms with van der Waals surface area (Å²) in [6.45, 7) is 0.987. The van der Waals surface area contributed by atoms with Crippen LogP contribution >= 0.6 is 0 Å². The van der Waals surface area contributed by atoms with Crippen LogP contribution in [0.4, 0.5) is 5.69 Å². The first-order chi connectivity index (χ1) is 12.2. The van der Waals surface area contributed by atoms with E-state index in [0.717, 1.165) is 35.6 Å². The van der Waals surface area contributed by atoms with E-state index in [-0.39, 0.29) is 11.7 Å². The van der Waals surface area contributed by atoms with Crippen molar-refractivity contribution in [3.05, 3.63) is 52.8 Å². The van der Waals surface area contributed by atoms with Crippen LogP contribution in [-0.2, 0) is 7.05 Å². The van der Waals surface area contributed by atoms with Crippen LogP contribution in [0.1, 0.15) is 31.1 Å². The second-order valence-corrected chi connectivity index (χ2v) is 7.22. The minimum Gasteiger partial charge on any atom is -0.360 e. The van der Waals surface area contributed by atoms with Gasteiger partial charge in [0.25, 0.3) is 0 Å². The fraction of sp³-hybridized carbons (Fsp3) is 0.421. The number of H-pyrrole nitrogens is 1. The lowest BCUT2D eigenvalue weighted by molar-refractivity contribution is 0.406. The van der Waals surface area contributed by atoms with E-state index in [1.54, 1.807) is 4.57 Å². The molecule has 2 fully saturated rings. The maximum atomic E-state index is 12.0. The Morgan fingerprint density at radius 1 is 1.16 bits per heavy atom. The number of nitrogens with one attached hydrogen (secondary N) is 1. The first-order valence-corrected chi connectivity index (χ1v) is 8.96. The van der Waals surface area contributed by atoms with E-state index in [0.29, 0.717) is 5.92 Å². The molecule has 6 heteroatoms. The molecule has 25 heavy (non-hydrogen) atoms. The molecule has 1 aliphatic heterocycles. The molecular formula is C19H21N5O. The zero-order valence-corrected chi connectivity index (χ0v) is 14.2. The molecule has 2 unspecified atom stereocenters. The first-order valence-electron chi connectivity index (χ1n) is 8.96. The molecular weight excluding hydrogens is 314 g/mol. The Bertz CT molecular complexity index is 981. The summed E-state index contributed by atoms with van der Waals surface area (Å²) in [6, 6.07) is 10.5. The molecule has 1 aromatic carbocycles. The van der Waals surface area contributed by atoms with E-state index in [2.05, 4.69) is 38.3 Å². The van der Waals surface area contributed by atoms with Crippen LogP contribution < -0.4 is 10.6 Å². The third-order valence-corrected chi connectivity index (χ3v) is 5.79. The maximum Gasteiger partial charge on any atom is 0.343 e. The van der Waals surface area contributed by atoms with Crippen molar-refractivity contribution < 1.29 is 0 Å². The molecule has 1 saturated carbocycles. The van der Waals surface area contributed by atoms with Crippen LogP contribution in [0.3, 0.4) is 0 Å². The molecule has 0 spiro atoms. The van der Waals surface area contributed by atoms with Crippen molar-refractivity contribution in [3.63, 3.8) is 0 Å². The summed E-state index contributed by atoms with van der Waals surface area (Å²) >= 11 is 0. The summed E-state index contributed by atoms with van der Waals surface area (Å²) in [5, 5.41) is 8.16. The summed E-state index contributed by atoms with van der Waals surface area (Å²) in [5.74, 6) is 2.16. The van der Waals surface area contributed by atoms with Gasteiger partial charge in [-0.25, -0.2) is 9.89 Å². The molecule has 128 valence electrons. The monoisotopic (exact) mass is 335 g/mol. The number of benzene rings is 1. The number of fused-ring (bicyclic) bond motifs is 1. The van der Waals surface area contributed by atoms with Gasteiger partial charge in [0.05, 0.1) is 11.6 Å². The van der Waals surface area contributed by atoms with Gasteiger partial charge < -0.3 is 4.90 Å². The second kappa shape index (κ2) is 5.44. The van der Waals surface area contributed by atoms with E-state index >= 15 is 0 Å². The van der Waals surface area contributed by atoms with E-state index in [4.69, 9.17) is 0 Å². The Morgan fingerprint density at radius 3 is 2.76 bits per heavy atom. The van der Waals surface area contributed by atoms with Gasteiger partial charge in [-0.1, -0.05) is 18.2 Å². The molecule has 0 bridgehead atoms. The van der Waals surface area contributed by atoms with Gasteiger partial charge in [0.15, 0.2) is 5.82 Å². The SMILES string of the molecule is Cn1c(C2C(C3CC3)CCN2c2ccnc3ccccc23)n[nH]c1=O. The zero-order valence-electron chi connectivity index (χ0n) is 14.2. The molecule has 1 saturated heterocycles. The number of rotatable bonds is 3. The van der Waals surface area contributed by atoms with Gasteiger partial charge >= 0.3 is 5.69 Å². The number of pyridine rings is 1. The van der Waals surface area contributed by atoms with Gasteiger partial charge in [0, 0.05) is 30.9 Å². The van der Waals surface area contributed by atoms with Gasteiger partial charge in [-0.15, -0.1) is 0 Å². The van der Waals surface area contributed by atoms with E-state index in [9.17, 15) is 4.79 Å². The number of para-hydroxylation sites is 1. The fourth-order valence-electron chi connectivity index (χ4n) is 4.39. The average molecular weight is 335 g/mol. The second-order valence-electron chi connectivity index (χ2n) is 7.22. The van der Waals surface area contributed by atoms with Gasteiger partial charge in [-0.3, -0.25) is 9.55 Å². The van der Waals surface area contributed by atoms with Crippen molar-refractivity contribution in [2.75, 3.05) is 11.4 Å². The van der Waals surface area contributed by atoms with Crippen LogP contribution in [0, 0.1) is 11.8 Å². The number of nitrogens with zero attached hydrogens (tertiary/aromatic N) is 4. The summed E-state index contributed by atoms with van der Waals surface area (Å²) in [4.78, 5) is 18.9. The van der Waals surface area contributed by atoms with Gasteiger partial charge in [-0.05, 0) is 43.2 Å². The van der Waals surface area contributed by atoms with E-state index in [1.807, 2.05) is 25.4 Å². The van der Waals surface area contributed by atoms with Gasteiger partial charge in [0.2, 0.25) is 0 Å². The predicted molar refractivity (Wildman–Crippen MR) is 96.5 cm³/mol. The molecule has 5 rings (SSSR count). The van der Waals surface area contributed by atoms with Crippen LogP contribution in [0.15, 0.2) is 41.3 Å². The number of aromatic nitrogens is 4. The van der Waals surface area contributed by atoms with Crippen molar-refractivity contribution in [2.45, 2.75) is 25.3 Å². The summed E-state index contributed by atoms with van der Waals surface area (Å²) in [6.07, 6.45) is 5.62. The molecule has 1 N–H and O–H groups in total. The van der Waals surface area contributed by atoms with Crippen LogP contribution in [-0.4, -0.2) is 26.3 Å². The van der Waals surface area contributed by atoms with Gasteiger partial charge in [0.1, 0.15) is 0 Å². The highest BCUT2D eigenvalue weighted by Gasteiger charge is 2.46. The molecule has 3 aromatic rings. The number of anilines is 1. The highest BCUT2D eigenvalue weighted by molar-refractivity contribution is 5.91. The highest BCUT2D eigenvalue weighted by Crippen LogP contribution is 2.51. The summed E-state index contributed by atoms with van der Waals surface area (Å²) in [5.41, 5.74) is 2.05. The largest absolute Gasteiger partial charge is 0.360 e. The lowest BCUT2D eigenvalue weighted by atomic mass is 9.94. The average Bonchev–Trinajstić information content (AvgIpc) is 3.32. The lowest BCUT2D eigenvalue weighted by Gasteiger charge is -2.30. The Hall–Kier alpha value is -2.63. The molecule has 2 aliphatic rings. The smallest absolute Gasteiger partial charge is 0.343 e. The fourth-order valence-corrected chi connectivity index (χ4v) is 4.39. The molecule has 3 heterocycles. The molecule has 0 amide bonds. The predicted octanol–water partition coefficient (Wildman–Crippen LogP) is 2.63. The van der Waals surface area contributed by atoms with E-state index < -0.39 is 0 Å². The molecule has 2 aromatic heterocycles. The van der Waals surface area contributed by atoms with Crippen molar-refractivity contribution in [1.29, 1.82) is 0 Å². The van der Waals surface area contributed by atoms with Crippen molar-refractivity contribution >= 4 is 16.6 Å². The third-order valence-electron chi connectivity index (χ3n) is 5.79. The zero-order chi connectivity index (χ0) is 17.0. The molecule has 6 nitrogen and oxygen atoms in total. The molecule has 2 atom stereocenters. The molecule has 1 aliphatic carbocycles. The molecule has 0 radical (unpaired) electrons. The Labute approximate surface area is 145 Å². The van der Waals surface area contributed by atoms with Crippen molar-refractivity contribution in [1.82, 2.24) is 19.7 Å². The minimum atomic E-state index is -0.143. The maximum absolute atomic E-state index is 12.0. The number of hydrogen-bond acceptors (Lipinski definition) is 4. The first kappa shape index (κ1) is 14.7. The highest BCUT2D eigenvalue weighted by atomic mass is 16.1. The number of aromatic amines is 1. The summed E-state index contributed by atoms with van der Waals surface area (Å²) in [7, 11) is 1.81. The lowest BCUT2D eigenvalue weighted by Crippen LogP contribution is -2.30. The van der Waals surface area contributed by atoms with Crippen molar-refractivity contribution in [2.24, 2.45) is 18.9 Å². The minimum absolute atomic E-state index is 0.141. The van der Waals surface area contributed by atoms with Crippen LogP contribution in [0.2, 0.25) is 0 Å². The Balaban J connectivity index is 1.66. The van der Waals surface area contributed by atoms with Crippen molar-refractivity contribution in [3.8, 4) is 0 Å². The summed E-state index contributed by atoms with van der Waals surface area (Å²) < 4.78 is 1.67. The Kier molecular flexibility index (Phi) is 3.20. The van der Waals surface area contributed by atoms with E-state index in [1.165, 1.54) is 18.5 Å².